The summed E-state index contributed by atoms with van der Waals surface area (Å²) in [7, 11) is 1.63. The fraction of sp³-hybridized carbons (Fsp3) is 0.381. The van der Waals surface area contributed by atoms with Crippen LogP contribution in [-0.4, -0.2) is 37.6 Å². The summed E-state index contributed by atoms with van der Waals surface area (Å²) < 4.78 is 23.7. The molecule has 1 aliphatic heterocycles. The third kappa shape index (κ3) is 4.97. The van der Waals surface area contributed by atoms with Crippen molar-refractivity contribution in [3.8, 4) is 11.5 Å². The van der Waals surface area contributed by atoms with Crippen LogP contribution in [0.5, 0.6) is 11.5 Å². The Kier molecular flexibility index (Phi) is 6.10. The molecule has 1 aliphatic rings. The Morgan fingerprint density at radius 2 is 2.00 bits per heavy atom. The summed E-state index contributed by atoms with van der Waals surface area (Å²) in [6.07, 6.45) is 2.28. The van der Waals surface area contributed by atoms with E-state index in [-0.39, 0.29) is 11.7 Å². The minimum absolute atomic E-state index is 0.153. The van der Waals surface area contributed by atoms with Crippen molar-refractivity contribution < 1.29 is 18.7 Å². The fourth-order valence-electron chi connectivity index (χ4n) is 3.24. The number of nitrogens with zero attached hydrogens (tertiary/aromatic N) is 1. The van der Waals surface area contributed by atoms with E-state index in [4.69, 9.17) is 9.47 Å². The van der Waals surface area contributed by atoms with Gasteiger partial charge in [0.05, 0.1) is 20.1 Å². The third-order valence-electron chi connectivity index (χ3n) is 4.74. The van der Waals surface area contributed by atoms with E-state index >= 15 is 0 Å². The first kappa shape index (κ1) is 18.2. The second-order valence-corrected chi connectivity index (χ2v) is 6.61. The maximum absolute atomic E-state index is 12.9. The van der Waals surface area contributed by atoms with Gasteiger partial charge < -0.3 is 14.4 Å². The Balaban J connectivity index is 1.42. The molecule has 3 rings (SSSR count). The Morgan fingerprint density at radius 1 is 1.19 bits per heavy atom. The van der Waals surface area contributed by atoms with Gasteiger partial charge in [0.15, 0.2) is 0 Å². The van der Waals surface area contributed by atoms with E-state index in [0.717, 1.165) is 37.2 Å². The number of hydrogen-bond donors (Lipinski definition) is 0. The number of amides is 1. The van der Waals surface area contributed by atoms with Gasteiger partial charge in [-0.25, -0.2) is 4.39 Å². The lowest BCUT2D eigenvalue weighted by atomic mass is 10.1. The summed E-state index contributed by atoms with van der Waals surface area (Å²) in [4.78, 5) is 14.4. The highest BCUT2D eigenvalue weighted by Gasteiger charge is 2.26. The molecule has 1 heterocycles. The lowest BCUT2D eigenvalue weighted by molar-refractivity contribution is -0.129. The van der Waals surface area contributed by atoms with Crippen molar-refractivity contribution in [1.82, 2.24) is 4.90 Å². The van der Waals surface area contributed by atoms with Crippen LogP contribution in [0.2, 0.25) is 0 Å². The van der Waals surface area contributed by atoms with Gasteiger partial charge in [0, 0.05) is 13.1 Å². The lowest BCUT2D eigenvalue weighted by Crippen LogP contribution is -2.30. The Labute approximate surface area is 153 Å². The number of rotatable bonds is 7. The van der Waals surface area contributed by atoms with E-state index in [0.29, 0.717) is 24.7 Å². The summed E-state index contributed by atoms with van der Waals surface area (Å²) in [5.74, 6) is 1.78. The summed E-state index contributed by atoms with van der Waals surface area (Å²) >= 11 is 0. The first-order valence-electron chi connectivity index (χ1n) is 8.93. The van der Waals surface area contributed by atoms with Crippen LogP contribution in [0, 0.1) is 11.7 Å². The number of methoxy groups -OCH3 is 1. The highest BCUT2D eigenvalue weighted by atomic mass is 19.1. The second kappa shape index (κ2) is 8.70. The average Bonchev–Trinajstić information content (AvgIpc) is 3.13. The number of halogens is 1. The van der Waals surface area contributed by atoms with Gasteiger partial charge in [-0.15, -0.1) is 0 Å². The van der Waals surface area contributed by atoms with Crippen molar-refractivity contribution in [2.45, 2.75) is 19.3 Å². The molecular weight excluding hydrogens is 333 g/mol. The molecule has 138 valence electrons. The van der Waals surface area contributed by atoms with Gasteiger partial charge in [-0.05, 0) is 60.7 Å². The summed E-state index contributed by atoms with van der Waals surface area (Å²) in [6.45, 7) is 2.15. The predicted molar refractivity (Wildman–Crippen MR) is 97.9 cm³/mol. The molecule has 0 aromatic heterocycles. The molecule has 0 N–H and O–H groups in total. The smallest absolute Gasteiger partial charge is 0.227 e. The van der Waals surface area contributed by atoms with Crippen molar-refractivity contribution >= 4 is 5.91 Å². The molecule has 4 nitrogen and oxygen atoms in total. The molecule has 1 atom stereocenters. The van der Waals surface area contributed by atoms with Gasteiger partial charge in [0.2, 0.25) is 5.91 Å². The lowest BCUT2D eigenvalue weighted by Gasteiger charge is -2.17. The van der Waals surface area contributed by atoms with Crippen LogP contribution in [-0.2, 0) is 11.2 Å². The normalized spacial score (nSPS) is 16.5. The van der Waals surface area contributed by atoms with Crippen LogP contribution in [0.3, 0.4) is 0 Å². The molecule has 1 saturated heterocycles. The van der Waals surface area contributed by atoms with Crippen LogP contribution in [0.15, 0.2) is 48.5 Å². The summed E-state index contributed by atoms with van der Waals surface area (Å²) in [6, 6.07) is 13.7. The Morgan fingerprint density at radius 3 is 2.77 bits per heavy atom. The zero-order valence-electron chi connectivity index (χ0n) is 15.0. The number of carbonyl (C=O) groups excluding carboxylic acids is 1. The Hall–Kier alpha value is -2.56. The zero-order valence-corrected chi connectivity index (χ0v) is 15.0. The quantitative estimate of drug-likeness (QED) is 0.759. The van der Waals surface area contributed by atoms with E-state index in [9.17, 15) is 9.18 Å². The molecule has 0 saturated carbocycles. The number of carbonyl (C=O) groups is 1. The number of ether oxygens (including phenoxy) is 2. The van der Waals surface area contributed by atoms with E-state index < -0.39 is 0 Å². The van der Waals surface area contributed by atoms with Gasteiger partial charge in [-0.3, -0.25) is 4.79 Å². The molecule has 1 unspecified atom stereocenters. The molecule has 26 heavy (non-hydrogen) atoms. The number of hydrogen-bond acceptors (Lipinski definition) is 3. The van der Waals surface area contributed by atoms with Gasteiger partial charge in [-0.2, -0.15) is 0 Å². The molecule has 0 radical (unpaired) electrons. The maximum atomic E-state index is 12.9. The van der Waals surface area contributed by atoms with Gasteiger partial charge in [0.1, 0.15) is 17.3 Å². The SMILES string of the molecule is COc1cccc(CC(=O)N2CCC(CCOc3ccc(F)cc3)C2)c1. The maximum Gasteiger partial charge on any atom is 0.227 e. The molecule has 2 aromatic rings. The van der Waals surface area contributed by atoms with Crippen molar-refractivity contribution in [3.63, 3.8) is 0 Å². The van der Waals surface area contributed by atoms with Crippen molar-refractivity contribution in [2.75, 3.05) is 26.8 Å². The second-order valence-electron chi connectivity index (χ2n) is 6.61. The molecule has 0 aliphatic carbocycles. The minimum atomic E-state index is -0.265. The Bertz CT molecular complexity index is 732. The van der Waals surface area contributed by atoms with E-state index in [2.05, 4.69) is 0 Å². The number of likely N-dealkylation sites (tertiary alicyclic amines) is 1. The van der Waals surface area contributed by atoms with Crippen molar-refractivity contribution in [1.29, 1.82) is 0 Å². The molecular formula is C21H24FNO3. The molecule has 0 bridgehead atoms. The highest BCUT2D eigenvalue weighted by molar-refractivity contribution is 5.79. The standard InChI is InChI=1S/C21H24FNO3/c1-25-20-4-2-3-17(13-20)14-21(24)23-11-9-16(15-23)10-12-26-19-7-5-18(22)6-8-19/h2-8,13,16H,9-12,14-15H2,1H3. The van der Waals surface area contributed by atoms with Crippen molar-refractivity contribution in [2.24, 2.45) is 5.92 Å². The van der Waals surface area contributed by atoms with E-state index in [1.54, 1.807) is 19.2 Å². The minimum Gasteiger partial charge on any atom is -0.497 e. The van der Waals surface area contributed by atoms with Crippen LogP contribution >= 0.6 is 0 Å². The largest absolute Gasteiger partial charge is 0.497 e. The van der Waals surface area contributed by atoms with Crippen LogP contribution in [0.1, 0.15) is 18.4 Å². The summed E-state index contributed by atoms with van der Waals surface area (Å²) in [5.41, 5.74) is 0.970. The first-order valence-corrected chi connectivity index (χ1v) is 8.93. The van der Waals surface area contributed by atoms with Gasteiger partial charge >= 0.3 is 0 Å². The van der Waals surface area contributed by atoms with Crippen LogP contribution in [0.4, 0.5) is 4.39 Å². The molecule has 2 aromatic carbocycles. The summed E-state index contributed by atoms with van der Waals surface area (Å²) in [5, 5.41) is 0. The first-order chi connectivity index (χ1) is 12.6. The monoisotopic (exact) mass is 357 g/mol. The van der Waals surface area contributed by atoms with Crippen LogP contribution in [0.25, 0.3) is 0 Å². The topological polar surface area (TPSA) is 38.8 Å². The fourth-order valence-corrected chi connectivity index (χ4v) is 3.24. The molecule has 0 spiro atoms. The predicted octanol–water partition coefficient (Wildman–Crippen LogP) is 3.69. The average molecular weight is 357 g/mol. The van der Waals surface area contributed by atoms with Crippen molar-refractivity contribution in [3.05, 3.63) is 59.9 Å². The van der Waals surface area contributed by atoms with Gasteiger partial charge in [-0.1, -0.05) is 12.1 Å². The molecule has 1 fully saturated rings. The number of benzene rings is 2. The van der Waals surface area contributed by atoms with E-state index in [1.165, 1.54) is 12.1 Å². The van der Waals surface area contributed by atoms with E-state index in [1.807, 2.05) is 29.2 Å². The zero-order chi connectivity index (χ0) is 18.4. The molecule has 1 amide bonds. The van der Waals surface area contributed by atoms with Gasteiger partial charge in [0.25, 0.3) is 0 Å². The molecule has 5 heteroatoms. The highest BCUT2D eigenvalue weighted by Crippen LogP contribution is 2.22. The third-order valence-corrected chi connectivity index (χ3v) is 4.74. The van der Waals surface area contributed by atoms with Crippen LogP contribution < -0.4 is 9.47 Å².